The Kier molecular flexibility index (Phi) is 4.08. The highest BCUT2D eigenvalue weighted by Crippen LogP contribution is 2.57. The average Bonchev–Trinajstić information content (AvgIpc) is 3.39. The second-order valence-electron chi connectivity index (χ2n) is 7.07. The standard InChI is InChI=1S/C19H20FN3O3S/c1-3-27(25,26)22(2)12-13-8-15(11-21-10-13)23-18(24)16-5-4-14(20)9-17(16)19(23)6-7-19/h4-5,8-11H,3,6-7,12H2,1-2H3. The highest BCUT2D eigenvalue weighted by Gasteiger charge is 2.58. The summed E-state index contributed by atoms with van der Waals surface area (Å²) < 4.78 is 39.0. The van der Waals surface area contributed by atoms with Crippen molar-refractivity contribution in [3.63, 3.8) is 0 Å². The van der Waals surface area contributed by atoms with Gasteiger partial charge in [-0.1, -0.05) is 0 Å². The third kappa shape index (κ3) is 2.83. The molecule has 1 spiro atoms. The first-order valence-electron chi connectivity index (χ1n) is 8.81. The van der Waals surface area contributed by atoms with E-state index in [1.165, 1.54) is 29.6 Å². The van der Waals surface area contributed by atoms with Gasteiger partial charge in [0.25, 0.3) is 5.91 Å². The Hall–Kier alpha value is -2.32. The maximum Gasteiger partial charge on any atom is 0.259 e. The lowest BCUT2D eigenvalue weighted by atomic mass is 10.0. The van der Waals surface area contributed by atoms with Crippen molar-refractivity contribution in [2.45, 2.75) is 31.8 Å². The minimum absolute atomic E-state index is 0.0191. The van der Waals surface area contributed by atoms with Crippen molar-refractivity contribution in [2.24, 2.45) is 0 Å². The van der Waals surface area contributed by atoms with Crippen molar-refractivity contribution in [1.29, 1.82) is 0 Å². The summed E-state index contributed by atoms with van der Waals surface area (Å²) in [5, 5.41) is 0. The van der Waals surface area contributed by atoms with Gasteiger partial charge in [0.05, 0.1) is 23.2 Å². The SMILES string of the molecule is CCS(=O)(=O)N(C)Cc1cncc(N2C(=O)c3ccc(F)cc3C23CC3)c1. The smallest absolute Gasteiger partial charge is 0.259 e. The first kappa shape index (κ1) is 18.1. The second-order valence-corrected chi connectivity index (χ2v) is 9.43. The van der Waals surface area contributed by atoms with Crippen LogP contribution in [0.5, 0.6) is 0 Å². The maximum absolute atomic E-state index is 13.7. The Bertz CT molecular complexity index is 1030. The van der Waals surface area contributed by atoms with Crippen LogP contribution in [-0.2, 0) is 22.1 Å². The Labute approximate surface area is 157 Å². The molecule has 8 heteroatoms. The van der Waals surface area contributed by atoms with Crippen LogP contribution in [0.15, 0.2) is 36.7 Å². The van der Waals surface area contributed by atoms with Gasteiger partial charge >= 0.3 is 0 Å². The van der Waals surface area contributed by atoms with E-state index in [0.29, 0.717) is 16.8 Å². The molecule has 1 amide bonds. The molecular weight excluding hydrogens is 369 g/mol. The van der Waals surface area contributed by atoms with Crippen LogP contribution in [0.3, 0.4) is 0 Å². The summed E-state index contributed by atoms with van der Waals surface area (Å²) in [6.07, 6.45) is 4.73. The fourth-order valence-electron chi connectivity index (χ4n) is 3.76. The predicted molar refractivity (Wildman–Crippen MR) is 99.3 cm³/mol. The zero-order chi connectivity index (χ0) is 19.4. The van der Waals surface area contributed by atoms with Gasteiger partial charge in [-0.25, -0.2) is 17.1 Å². The Morgan fingerprint density at radius 2 is 2.00 bits per heavy atom. The Morgan fingerprint density at radius 1 is 1.26 bits per heavy atom. The molecule has 142 valence electrons. The molecule has 1 aromatic heterocycles. The third-order valence-corrected chi connectivity index (χ3v) is 7.16. The van der Waals surface area contributed by atoms with Crippen LogP contribution in [-0.4, -0.2) is 36.4 Å². The summed E-state index contributed by atoms with van der Waals surface area (Å²) in [6.45, 7) is 1.77. The molecule has 2 aliphatic rings. The molecule has 1 aliphatic carbocycles. The van der Waals surface area contributed by atoms with E-state index in [4.69, 9.17) is 0 Å². The summed E-state index contributed by atoms with van der Waals surface area (Å²) in [7, 11) is -1.79. The molecule has 1 aromatic carbocycles. The minimum atomic E-state index is -3.31. The number of halogens is 1. The summed E-state index contributed by atoms with van der Waals surface area (Å²) >= 11 is 0. The van der Waals surface area contributed by atoms with Crippen molar-refractivity contribution in [3.05, 3.63) is 59.2 Å². The van der Waals surface area contributed by atoms with E-state index in [9.17, 15) is 17.6 Å². The summed E-state index contributed by atoms with van der Waals surface area (Å²) in [5.41, 5.74) is 2.04. The number of hydrogen-bond donors (Lipinski definition) is 0. The molecule has 0 saturated heterocycles. The van der Waals surface area contributed by atoms with Gasteiger partial charge in [-0.3, -0.25) is 14.7 Å². The van der Waals surface area contributed by atoms with Gasteiger partial charge in [-0.05, 0) is 55.2 Å². The summed E-state index contributed by atoms with van der Waals surface area (Å²) in [4.78, 5) is 18.9. The van der Waals surface area contributed by atoms with Gasteiger partial charge in [0.1, 0.15) is 5.82 Å². The number of carbonyl (C=O) groups excluding carboxylic acids is 1. The normalized spacial score (nSPS) is 17.6. The Morgan fingerprint density at radius 3 is 2.67 bits per heavy atom. The molecule has 27 heavy (non-hydrogen) atoms. The van der Waals surface area contributed by atoms with Crippen LogP contribution >= 0.6 is 0 Å². The van der Waals surface area contributed by atoms with Crippen molar-refractivity contribution in [2.75, 3.05) is 17.7 Å². The number of carbonyl (C=O) groups is 1. The quantitative estimate of drug-likeness (QED) is 0.788. The van der Waals surface area contributed by atoms with E-state index in [1.807, 2.05) is 0 Å². The van der Waals surface area contributed by atoms with Crippen LogP contribution in [0.2, 0.25) is 0 Å². The van der Waals surface area contributed by atoms with Crippen LogP contribution < -0.4 is 4.90 Å². The van der Waals surface area contributed by atoms with E-state index < -0.39 is 15.6 Å². The number of anilines is 1. The topological polar surface area (TPSA) is 70.6 Å². The molecule has 1 fully saturated rings. The molecule has 2 aromatic rings. The van der Waals surface area contributed by atoms with Crippen molar-refractivity contribution in [1.82, 2.24) is 9.29 Å². The number of hydrogen-bond acceptors (Lipinski definition) is 4. The molecule has 2 heterocycles. The highest BCUT2D eigenvalue weighted by atomic mass is 32.2. The first-order valence-corrected chi connectivity index (χ1v) is 10.4. The van der Waals surface area contributed by atoms with Crippen molar-refractivity contribution >= 4 is 21.6 Å². The lowest BCUT2D eigenvalue weighted by Crippen LogP contribution is -2.33. The number of aromatic nitrogens is 1. The van der Waals surface area contributed by atoms with Gasteiger partial charge in [-0.15, -0.1) is 0 Å². The molecule has 0 radical (unpaired) electrons. The Balaban J connectivity index is 1.69. The molecule has 0 unspecified atom stereocenters. The lowest BCUT2D eigenvalue weighted by molar-refractivity contribution is 0.0989. The molecule has 4 rings (SSSR count). The fourth-order valence-corrected chi connectivity index (χ4v) is 4.54. The lowest BCUT2D eigenvalue weighted by Gasteiger charge is -2.25. The maximum atomic E-state index is 13.7. The molecule has 6 nitrogen and oxygen atoms in total. The van der Waals surface area contributed by atoms with E-state index in [2.05, 4.69) is 4.98 Å². The van der Waals surface area contributed by atoms with E-state index in [1.54, 1.807) is 30.3 Å². The number of sulfonamides is 1. The number of fused-ring (bicyclic) bond motifs is 2. The predicted octanol–water partition coefficient (Wildman–Crippen LogP) is 2.65. The van der Waals surface area contributed by atoms with Gasteiger partial charge in [0.15, 0.2) is 0 Å². The molecular formula is C19H20FN3O3S. The van der Waals surface area contributed by atoms with Crippen molar-refractivity contribution < 1.29 is 17.6 Å². The summed E-state index contributed by atoms with van der Waals surface area (Å²) in [5.74, 6) is -0.505. The average molecular weight is 389 g/mol. The molecule has 0 atom stereocenters. The third-order valence-electron chi connectivity index (χ3n) is 5.35. The second kappa shape index (κ2) is 6.10. The highest BCUT2D eigenvalue weighted by molar-refractivity contribution is 7.89. The van der Waals surface area contributed by atoms with Crippen LogP contribution in [0.1, 0.15) is 41.3 Å². The van der Waals surface area contributed by atoms with Gasteiger partial charge < -0.3 is 0 Å². The number of benzene rings is 1. The fraction of sp³-hybridized carbons (Fsp3) is 0.368. The van der Waals surface area contributed by atoms with E-state index >= 15 is 0 Å². The minimum Gasteiger partial charge on any atom is -0.297 e. The van der Waals surface area contributed by atoms with E-state index in [0.717, 1.165) is 18.4 Å². The molecule has 0 N–H and O–H groups in total. The number of rotatable bonds is 5. The number of pyridine rings is 1. The molecule has 0 bridgehead atoms. The largest absolute Gasteiger partial charge is 0.297 e. The van der Waals surface area contributed by atoms with Crippen LogP contribution in [0.4, 0.5) is 10.1 Å². The van der Waals surface area contributed by atoms with E-state index in [-0.39, 0.29) is 24.0 Å². The zero-order valence-electron chi connectivity index (χ0n) is 15.1. The molecule has 1 aliphatic heterocycles. The number of nitrogens with zero attached hydrogens (tertiary/aromatic N) is 3. The summed E-state index contributed by atoms with van der Waals surface area (Å²) in [6, 6.07) is 6.06. The van der Waals surface area contributed by atoms with Gasteiger partial charge in [0.2, 0.25) is 10.0 Å². The molecule has 1 saturated carbocycles. The van der Waals surface area contributed by atoms with Crippen LogP contribution in [0.25, 0.3) is 0 Å². The number of amides is 1. The first-order chi connectivity index (χ1) is 12.8. The van der Waals surface area contributed by atoms with Crippen LogP contribution in [0, 0.1) is 5.82 Å². The zero-order valence-corrected chi connectivity index (χ0v) is 16.0. The van der Waals surface area contributed by atoms with Gasteiger partial charge in [0, 0.05) is 25.4 Å². The van der Waals surface area contributed by atoms with Crippen molar-refractivity contribution in [3.8, 4) is 0 Å². The van der Waals surface area contributed by atoms with Gasteiger partial charge in [-0.2, -0.15) is 0 Å². The monoisotopic (exact) mass is 389 g/mol.